The Balaban J connectivity index is 1.70. The molecule has 0 aromatic heterocycles. The number of rotatable bonds is 2. The fourth-order valence-corrected chi connectivity index (χ4v) is 4.10. The molecule has 1 aromatic carbocycles. The zero-order chi connectivity index (χ0) is 17.2. The number of carbonyl (C=O) groups excluding carboxylic acids is 1. The lowest BCUT2D eigenvalue weighted by Crippen LogP contribution is -2.57. The molecule has 2 saturated heterocycles. The van der Waals surface area contributed by atoms with Crippen LogP contribution in [0, 0.1) is 0 Å². The van der Waals surface area contributed by atoms with Gasteiger partial charge in [-0.2, -0.15) is 0 Å². The summed E-state index contributed by atoms with van der Waals surface area (Å²) < 4.78 is 5.60. The van der Waals surface area contributed by atoms with E-state index < -0.39 is 5.60 Å². The van der Waals surface area contributed by atoms with Gasteiger partial charge in [0.15, 0.2) is 0 Å². The largest absolute Gasteiger partial charge is 0.444 e. The van der Waals surface area contributed by atoms with Crippen molar-refractivity contribution in [2.45, 2.75) is 64.1 Å². The van der Waals surface area contributed by atoms with Gasteiger partial charge < -0.3 is 9.64 Å². The lowest BCUT2D eigenvalue weighted by molar-refractivity contribution is -0.00651. The predicted molar refractivity (Wildman–Crippen MR) is 95.9 cm³/mol. The fourth-order valence-electron chi connectivity index (χ4n) is 4.10. The van der Waals surface area contributed by atoms with Crippen LogP contribution in [-0.2, 0) is 11.3 Å². The molecule has 1 aromatic rings. The molecule has 2 aliphatic rings. The summed E-state index contributed by atoms with van der Waals surface area (Å²) in [4.78, 5) is 17.0. The molecule has 2 fully saturated rings. The van der Waals surface area contributed by atoms with Crippen LogP contribution < -0.4 is 0 Å². The van der Waals surface area contributed by atoms with Crippen LogP contribution in [0.2, 0.25) is 0 Å². The first-order valence-corrected chi connectivity index (χ1v) is 9.15. The van der Waals surface area contributed by atoms with Gasteiger partial charge in [-0.15, -0.1) is 0 Å². The molecule has 1 atom stereocenters. The van der Waals surface area contributed by atoms with E-state index in [4.69, 9.17) is 4.74 Å². The van der Waals surface area contributed by atoms with Gasteiger partial charge in [0.1, 0.15) is 5.60 Å². The third-order valence-corrected chi connectivity index (χ3v) is 5.16. The zero-order valence-corrected chi connectivity index (χ0v) is 15.3. The second-order valence-corrected chi connectivity index (χ2v) is 8.24. The Hall–Kier alpha value is -1.55. The highest BCUT2D eigenvalue weighted by molar-refractivity contribution is 5.68. The van der Waals surface area contributed by atoms with Gasteiger partial charge in [0, 0.05) is 25.2 Å². The van der Waals surface area contributed by atoms with Crippen molar-refractivity contribution in [1.82, 2.24) is 9.80 Å². The monoisotopic (exact) mass is 330 g/mol. The van der Waals surface area contributed by atoms with E-state index in [0.717, 1.165) is 32.6 Å². The molecular formula is C20H30N2O2. The number of amides is 1. The minimum Gasteiger partial charge on any atom is -0.444 e. The van der Waals surface area contributed by atoms with E-state index in [-0.39, 0.29) is 11.6 Å². The van der Waals surface area contributed by atoms with E-state index in [1.165, 1.54) is 24.8 Å². The third-order valence-electron chi connectivity index (χ3n) is 5.16. The summed E-state index contributed by atoms with van der Waals surface area (Å²) in [5.74, 6) is 0. The van der Waals surface area contributed by atoms with Gasteiger partial charge in [-0.1, -0.05) is 30.3 Å². The highest BCUT2D eigenvalue weighted by Crippen LogP contribution is 2.38. The second-order valence-electron chi connectivity index (χ2n) is 8.24. The molecule has 0 unspecified atom stereocenters. The molecular weight excluding hydrogens is 300 g/mol. The van der Waals surface area contributed by atoms with Gasteiger partial charge in [0.25, 0.3) is 0 Å². The highest BCUT2D eigenvalue weighted by Gasteiger charge is 2.45. The van der Waals surface area contributed by atoms with Crippen molar-refractivity contribution in [2.75, 3.05) is 19.6 Å². The molecule has 2 heterocycles. The minimum atomic E-state index is -0.429. The van der Waals surface area contributed by atoms with E-state index in [1.807, 2.05) is 25.7 Å². The average molecular weight is 330 g/mol. The number of carbonyl (C=O) groups is 1. The Morgan fingerprint density at radius 1 is 1.12 bits per heavy atom. The molecule has 3 rings (SSSR count). The summed E-state index contributed by atoms with van der Waals surface area (Å²) in [6, 6.07) is 10.7. The Labute approximate surface area is 145 Å². The summed E-state index contributed by atoms with van der Waals surface area (Å²) in [7, 11) is 0. The molecule has 24 heavy (non-hydrogen) atoms. The maximum Gasteiger partial charge on any atom is 0.410 e. The average Bonchev–Trinajstić information content (AvgIpc) is 2.89. The lowest BCUT2D eigenvalue weighted by atomic mass is 9.86. The standard InChI is InChI=1S/C20H30N2O2/c1-19(2,3)24-18(23)21-13-7-11-20(16-21)12-8-14-22(20)15-17-9-5-4-6-10-17/h4-6,9-10H,7-8,11-16H2,1-3H3/t20-/m1/s1. The summed E-state index contributed by atoms with van der Waals surface area (Å²) in [6.45, 7) is 9.51. The van der Waals surface area contributed by atoms with Gasteiger partial charge in [0.05, 0.1) is 0 Å². The summed E-state index contributed by atoms with van der Waals surface area (Å²) in [5, 5.41) is 0. The van der Waals surface area contributed by atoms with Crippen molar-refractivity contribution >= 4 is 6.09 Å². The van der Waals surface area contributed by atoms with Crippen molar-refractivity contribution in [1.29, 1.82) is 0 Å². The number of likely N-dealkylation sites (tertiary alicyclic amines) is 2. The number of piperidine rings is 1. The van der Waals surface area contributed by atoms with Crippen molar-refractivity contribution in [3.8, 4) is 0 Å². The molecule has 0 bridgehead atoms. The third kappa shape index (κ3) is 3.92. The molecule has 0 saturated carbocycles. The van der Waals surface area contributed by atoms with E-state index in [9.17, 15) is 4.79 Å². The normalized spacial score (nSPS) is 25.2. The van der Waals surface area contributed by atoms with Gasteiger partial charge in [-0.25, -0.2) is 4.79 Å². The van der Waals surface area contributed by atoms with Crippen molar-refractivity contribution in [3.63, 3.8) is 0 Å². The van der Waals surface area contributed by atoms with Gasteiger partial charge in [0.2, 0.25) is 0 Å². The van der Waals surface area contributed by atoms with Gasteiger partial charge in [-0.3, -0.25) is 4.90 Å². The van der Waals surface area contributed by atoms with Crippen LogP contribution in [0.1, 0.15) is 52.0 Å². The van der Waals surface area contributed by atoms with Crippen LogP contribution in [0.5, 0.6) is 0 Å². The van der Waals surface area contributed by atoms with E-state index in [0.29, 0.717) is 0 Å². The number of nitrogens with zero attached hydrogens (tertiary/aromatic N) is 2. The van der Waals surface area contributed by atoms with Crippen LogP contribution in [0.15, 0.2) is 30.3 Å². The van der Waals surface area contributed by atoms with E-state index in [2.05, 4.69) is 35.2 Å². The van der Waals surface area contributed by atoms with Crippen LogP contribution in [-0.4, -0.2) is 46.7 Å². The van der Waals surface area contributed by atoms with E-state index in [1.54, 1.807) is 0 Å². The lowest BCUT2D eigenvalue weighted by Gasteiger charge is -2.46. The van der Waals surface area contributed by atoms with Crippen LogP contribution in [0.25, 0.3) is 0 Å². The highest BCUT2D eigenvalue weighted by atomic mass is 16.6. The van der Waals surface area contributed by atoms with Crippen molar-refractivity contribution in [3.05, 3.63) is 35.9 Å². The first-order valence-electron chi connectivity index (χ1n) is 9.15. The molecule has 1 spiro atoms. The summed E-state index contributed by atoms with van der Waals surface area (Å²) in [5.41, 5.74) is 1.06. The van der Waals surface area contributed by atoms with Crippen LogP contribution in [0.4, 0.5) is 4.79 Å². The number of hydrogen-bond acceptors (Lipinski definition) is 3. The topological polar surface area (TPSA) is 32.8 Å². The molecule has 0 radical (unpaired) electrons. The van der Waals surface area contributed by atoms with Crippen LogP contribution in [0.3, 0.4) is 0 Å². The van der Waals surface area contributed by atoms with E-state index >= 15 is 0 Å². The first kappa shape index (κ1) is 17.3. The Bertz CT molecular complexity index is 567. The minimum absolute atomic E-state index is 0.130. The number of ether oxygens (including phenoxy) is 1. The smallest absolute Gasteiger partial charge is 0.410 e. The maximum absolute atomic E-state index is 12.5. The van der Waals surface area contributed by atoms with Gasteiger partial charge >= 0.3 is 6.09 Å². The molecule has 2 aliphatic heterocycles. The Kier molecular flexibility index (Phi) is 4.86. The van der Waals surface area contributed by atoms with Crippen molar-refractivity contribution < 1.29 is 9.53 Å². The second kappa shape index (κ2) is 6.75. The van der Waals surface area contributed by atoms with Gasteiger partial charge in [-0.05, 0) is 58.6 Å². The summed E-state index contributed by atoms with van der Waals surface area (Å²) in [6.07, 6.45) is 4.48. The fraction of sp³-hybridized carbons (Fsp3) is 0.650. The molecule has 4 heteroatoms. The molecule has 132 valence electrons. The quantitative estimate of drug-likeness (QED) is 0.820. The molecule has 4 nitrogen and oxygen atoms in total. The maximum atomic E-state index is 12.5. The predicted octanol–water partition coefficient (Wildman–Crippen LogP) is 4.05. The molecule has 0 aliphatic carbocycles. The SMILES string of the molecule is CC(C)(C)OC(=O)N1CCC[C@@]2(CCCN2Cc2ccccc2)C1. The Morgan fingerprint density at radius 3 is 2.46 bits per heavy atom. The Morgan fingerprint density at radius 2 is 1.79 bits per heavy atom. The van der Waals surface area contributed by atoms with Crippen LogP contribution >= 0.6 is 0 Å². The number of hydrogen-bond donors (Lipinski definition) is 0. The first-order chi connectivity index (χ1) is 11.4. The molecule has 0 N–H and O–H groups in total. The number of benzene rings is 1. The summed E-state index contributed by atoms with van der Waals surface area (Å²) >= 11 is 0. The molecule has 1 amide bonds. The zero-order valence-electron chi connectivity index (χ0n) is 15.3. The van der Waals surface area contributed by atoms with Crippen molar-refractivity contribution in [2.24, 2.45) is 0 Å².